The summed E-state index contributed by atoms with van der Waals surface area (Å²) in [5.74, 6) is -1.55. The Morgan fingerprint density at radius 3 is 2.64 bits per heavy atom. The minimum atomic E-state index is -0.790. The normalized spacial score (nSPS) is 10.8. The smallest absolute Gasteiger partial charge is 0.341 e. The Balaban J connectivity index is 2.22. The maximum absolute atomic E-state index is 14.2. The first-order valence-electron chi connectivity index (χ1n) is 8.58. The molecule has 1 N–H and O–H groups in total. The minimum Gasteiger partial charge on any atom is -0.493 e. The zero-order valence-corrected chi connectivity index (χ0v) is 16.8. The predicted octanol–water partition coefficient (Wildman–Crippen LogP) is 5.59. The molecule has 1 heterocycles. The molecule has 0 fully saturated rings. The van der Waals surface area contributed by atoms with Gasteiger partial charge in [0.2, 0.25) is 0 Å². The van der Waals surface area contributed by atoms with Gasteiger partial charge >= 0.3 is 5.97 Å². The van der Waals surface area contributed by atoms with E-state index in [0.717, 1.165) is 12.1 Å². The molecular weight excluding hydrogens is 434 g/mol. The Hall–Kier alpha value is -2.74. The lowest BCUT2D eigenvalue weighted by Gasteiger charge is -2.16. The van der Waals surface area contributed by atoms with Crippen LogP contribution in [0.4, 0.5) is 20.2 Å². The van der Waals surface area contributed by atoms with E-state index in [9.17, 15) is 13.6 Å². The Bertz CT molecular complexity index is 1040. The van der Waals surface area contributed by atoms with Gasteiger partial charge in [-0.1, -0.05) is 0 Å². The second-order valence-corrected chi connectivity index (χ2v) is 6.60. The highest BCUT2D eigenvalue weighted by molar-refractivity contribution is 9.10. The van der Waals surface area contributed by atoms with E-state index in [1.807, 2.05) is 6.92 Å². The lowest BCUT2D eigenvalue weighted by molar-refractivity contribution is 0.0527. The fraction of sp³-hybridized carbons (Fsp3) is 0.200. The number of rotatable bonds is 6. The van der Waals surface area contributed by atoms with Crippen molar-refractivity contribution in [1.82, 2.24) is 4.98 Å². The van der Waals surface area contributed by atoms with Crippen LogP contribution < -0.4 is 10.1 Å². The van der Waals surface area contributed by atoms with Gasteiger partial charge in [0.1, 0.15) is 22.9 Å². The van der Waals surface area contributed by atoms with Crippen molar-refractivity contribution in [2.45, 2.75) is 13.8 Å². The van der Waals surface area contributed by atoms with E-state index >= 15 is 0 Å². The summed E-state index contributed by atoms with van der Waals surface area (Å²) in [6.07, 6.45) is 1.36. The molecule has 28 heavy (non-hydrogen) atoms. The van der Waals surface area contributed by atoms with Gasteiger partial charge in [-0.15, -0.1) is 0 Å². The fourth-order valence-electron chi connectivity index (χ4n) is 2.68. The van der Waals surface area contributed by atoms with Crippen LogP contribution in [0.1, 0.15) is 24.2 Å². The molecule has 0 atom stereocenters. The summed E-state index contributed by atoms with van der Waals surface area (Å²) in [7, 11) is 0. The number of esters is 1. The summed E-state index contributed by atoms with van der Waals surface area (Å²) in [5, 5.41) is 3.41. The van der Waals surface area contributed by atoms with Gasteiger partial charge in [-0.05, 0) is 54.0 Å². The summed E-state index contributed by atoms with van der Waals surface area (Å²) in [4.78, 5) is 16.7. The number of fused-ring (bicyclic) bond motifs is 1. The van der Waals surface area contributed by atoms with Gasteiger partial charge in [-0.2, -0.15) is 0 Å². The number of nitrogens with one attached hydrogen (secondary N) is 1. The van der Waals surface area contributed by atoms with Crippen molar-refractivity contribution in [3.63, 3.8) is 0 Å². The number of carbonyl (C=O) groups is 1. The van der Waals surface area contributed by atoms with Crippen molar-refractivity contribution in [1.29, 1.82) is 0 Å². The maximum atomic E-state index is 14.2. The summed E-state index contributed by atoms with van der Waals surface area (Å²) >= 11 is 3.42. The zero-order chi connectivity index (χ0) is 20.3. The van der Waals surface area contributed by atoms with E-state index in [1.165, 1.54) is 12.3 Å². The summed E-state index contributed by atoms with van der Waals surface area (Å²) in [6.45, 7) is 4.14. The molecule has 0 saturated carbocycles. The third kappa shape index (κ3) is 4.06. The quantitative estimate of drug-likeness (QED) is 0.495. The van der Waals surface area contributed by atoms with Gasteiger partial charge < -0.3 is 14.8 Å². The number of anilines is 2. The maximum Gasteiger partial charge on any atom is 0.341 e. The van der Waals surface area contributed by atoms with Gasteiger partial charge in [-0.25, -0.2) is 13.6 Å². The number of hydrogen-bond donors (Lipinski definition) is 1. The van der Waals surface area contributed by atoms with Crippen LogP contribution in [0.25, 0.3) is 10.9 Å². The molecule has 0 aliphatic heterocycles. The van der Waals surface area contributed by atoms with Crippen molar-refractivity contribution in [3.8, 4) is 5.75 Å². The molecule has 3 rings (SSSR count). The molecular formula is C20H17BrF2N2O3. The van der Waals surface area contributed by atoms with Crippen LogP contribution in [0, 0.1) is 11.6 Å². The number of halogens is 3. The number of ether oxygens (including phenoxy) is 2. The fourth-order valence-corrected chi connectivity index (χ4v) is 3.13. The molecule has 0 saturated heterocycles. The van der Waals surface area contributed by atoms with Crippen LogP contribution in [0.15, 0.2) is 41.0 Å². The molecule has 0 aliphatic carbocycles. The lowest BCUT2D eigenvalue weighted by Crippen LogP contribution is -2.10. The average molecular weight is 451 g/mol. The molecule has 146 valence electrons. The van der Waals surface area contributed by atoms with Gasteiger partial charge in [0.05, 0.1) is 34.6 Å². The van der Waals surface area contributed by atoms with Crippen molar-refractivity contribution >= 4 is 44.2 Å². The van der Waals surface area contributed by atoms with Crippen LogP contribution in [0.3, 0.4) is 0 Å². The predicted molar refractivity (Wildman–Crippen MR) is 106 cm³/mol. The van der Waals surface area contributed by atoms with Crippen LogP contribution in [0.5, 0.6) is 5.75 Å². The molecule has 5 nitrogen and oxygen atoms in total. The molecule has 0 radical (unpaired) electrons. The lowest BCUT2D eigenvalue weighted by atomic mass is 10.1. The SMILES string of the molecule is CCOC(=O)c1cnc2cc(Br)c(OCC)cc2c1Nc1ccc(F)cc1F. The molecule has 3 aromatic rings. The van der Waals surface area contributed by atoms with Crippen LogP contribution in [-0.2, 0) is 4.74 Å². The van der Waals surface area contributed by atoms with E-state index < -0.39 is 17.6 Å². The van der Waals surface area contributed by atoms with E-state index in [0.29, 0.717) is 33.4 Å². The highest BCUT2D eigenvalue weighted by atomic mass is 79.9. The third-order valence-electron chi connectivity index (χ3n) is 3.91. The number of carbonyl (C=O) groups excluding carboxylic acids is 1. The van der Waals surface area contributed by atoms with Crippen molar-refractivity contribution in [3.05, 3.63) is 58.2 Å². The second kappa shape index (κ2) is 8.52. The van der Waals surface area contributed by atoms with Gasteiger partial charge in [0.25, 0.3) is 0 Å². The van der Waals surface area contributed by atoms with Crippen LogP contribution in [-0.4, -0.2) is 24.2 Å². The Morgan fingerprint density at radius 1 is 1.18 bits per heavy atom. The van der Waals surface area contributed by atoms with E-state index in [-0.39, 0.29) is 17.9 Å². The number of nitrogens with zero attached hydrogens (tertiary/aromatic N) is 1. The topological polar surface area (TPSA) is 60.5 Å². The van der Waals surface area contributed by atoms with Crippen LogP contribution in [0.2, 0.25) is 0 Å². The monoisotopic (exact) mass is 450 g/mol. The Morgan fingerprint density at radius 2 is 1.96 bits per heavy atom. The first kappa shape index (κ1) is 20.0. The summed E-state index contributed by atoms with van der Waals surface area (Å²) in [5.41, 5.74) is 0.985. The second-order valence-electron chi connectivity index (χ2n) is 5.75. The highest BCUT2D eigenvalue weighted by Gasteiger charge is 2.19. The zero-order valence-electron chi connectivity index (χ0n) is 15.2. The Kier molecular flexibility index (Phi) is 6.08. The van der Waals surface area contributed by atoms with Crippen molar-refractivity contribution in [2.24, 2.45) is 0 Å². The summed E-state index contributed by atoms with van der Waals surface area (Å²) < 4.78 is 38.9. The molecule has 8 heteroatoms. The number of hydrogen-bond acceptors (Lipinski definition) is 5. The van der Waals surface area contributed by atoms with Gasteiger partial charge in [0.15, 0.2) is 0 Å². The van der Waals surface area contributed by atoms with Crippen LogP contribution >= 0.6 is 15.9 Å². The molecule has 1 aromatic heterocycles. The molecule has 0 amide bonds. The number of aromatic nitrogens is 1. The average Bonchev–Trinajstić information content (AvgIpc) is 2.65. The first-order valence-corrected chi connectivity index (χ1v) is 9.38. The summed E-state index contributed by atoms with van der Waals surface area (Å²) in [6, 6.07) is 6.58. The Labute approximate surface area is 168 Å². The third-order valence-corrected chi connectivity index (χ3v) is 4.53. The largest absolute Gasteiger partial charge is 0.493 e. The molecule has 0 bridgehead atoms. The van der Waals surface area contributed by atoms with E-state index in [1.54, 1.807) is 19.1 Å². The number of pyridine rings is 1. The highest BCUT2D eigenvalue weighted by Crippen LogP contribution is 2.36. The van der Waals surface area contributed by atoms with Crippen molar-refractivity contribution in [2.75, 3.05) is 18.5 Å². The minimum absolute atomic E-state index is 0.0142. The molecule has 0 spiro atoms. The van der Waals surface area contributed by atoms with E-state index in [4.69, 9.17) is 9.47 Å². The van der Waals surface area contributed by atoms with Crippen molar-refractivity contribution < 1.29 is 23.0 Å². The number of benzene rings is 2. The molecule has 0 unspecified atom stereocenters. The first-order chi connectivity index (χ1) is 13.4. The van der Waals surface area contributed by atoms with E-state index in [2.05, 4.69) is 26.2 Å². The standard InChI is InChI=1S/C20H17BrF2N2O3/c1-3-27-18-8-12-17(9-14(18)21)24-10-13(20(26)28-4-2)19(12)25-16-6-5-11(22)7-15(16)23/h5-10H,3-4H2,1-2H3,(H,24,25). The van der Waals surface area contributed by atoms with Gasteiger partial charge in [0, 0.05) is 17.6 Å². The van der Waals surface area contributed by atoms with Gasteiger partial charge in [-0.3, -0.25) is 4.98 Å². The molecule has 2 aromatic carbocycles. The molecule has 0 aliphatic rings.